The molecule has 2 saturated carbocycles. The van der Waals surface area contributed by atoms with Gasteiger partial charge in [0.15, 0.2) is 0 Å². The lowest BCUT2D eigenvalue weighted by Gasteiger charge is -2.28. The molecule has 2 atom stereocenters. The summed E-state index contributed by atoms with van der Waals surface area (Å²) in [5.41, 5.74) is 5.73. The number of ether oxygens (including phenoxy) is 1. The van der Waals surface area contributed by atoms with Crippen molar-refractivity contribution >= 4 is 17.7 Å². The largest absolute Gasteiger partial charge is 0.393 e. The second-order valence-electron chi connectivity index (χ2n) is 7.45. The summed E-state index contributed by atoms with van der Waals surface area (Å²) in [5, 5.41) is 16.3. The fourth-order valence-electron chi connectivity index (χ4n) is 3.92. The zero-order valence-corrected chi connectivity index (χ0v) is 15.3. The predicted molar refractivity (Wildman–Crippen MR) is 99.1 cm³/mol. The number of hydrogen-bond donors (Lipinski definition) is 4. The Hall–Kier alpha value is -1.93. The number of nitrogens with zero attached hydrogens (tertiary/aromatic N) is 2. The summed E-state index contributed by atoms with van der Waals surface area (Å²) in [7, 11) is 1.75. The number of aliphatic hydroxyl groups excluding tert-OH is 1. The van der Waals surface area contributed by atoms with Crippen LogP contribution in [0.5, 0.6) is 0 Å². The van der Waals surface area contributed by atoms with Gasteiger partial charge in [0, 0.05) is 32.0 Å². The van der Waals surface area contributed by atoms with Gasteiger partial charge in [0.25, 0.3) is 5.91 Å². The number of nitrogens with two attached hydrogens (primary N) is 1. The van der Waals surface area contributed by atoms with Crippen molar-refractivity contribution in [2.24, 2.45) is 11.7 Å². The van der Waals surface area contributed by atoms with Crippen LogP contribution < -0.4 is 16.4 Å². The molecule has 8 heteroatoms. The number of aliphatic hydroxyl groups is 1. The van der Waals surface area contributed by atoms with Gasteiger partial charge in [0.05, 0.1) is 11.7 Å². The van der Waals surface area contributed by atoms with Crippen LogP contribution in [0.25, 0.3) is 0 Å². The fourth-order valence-corrected chi connectivity index (χ4v) is 3.92. The van der Waals surface area contributed by atoms with Crippen LogP contribution in [0, 0.1) is 5.92 Å². The van der Waals surface area contributed by atoms with E-state index in [4.69, 9.17) is 10.5 Å². The van der Waals surface area contributed by atoms with Crippen LogP contribution in [0.15, 0.2) is 6.20 Å². The van der Waals surface area contributed by atoms with Gasteiger partial charge >= 0.3 is 0 Å². The maximum Gasteiger partial charge on any atom is 0.254 e. The minimum Gasteiger partial charge on any atom is -0.393 e. The number of aromatic nitrogens is 2. The Balaban J connectivity index is 1.64. The molecule has 2 aliphatic carbocycles. The summed E-state index contributed by atoms with van der Waals surface area (Å²) >= 11 is 0. The SMILES string of the molecule is COCC1CCC(Nc2ncc(C(N)=O)c(N[C@H]3CCC(O)C3)n2)CC1. The summed E-state index contributed by atoms with van der Waals surface area (Å²) in [6.45, 7) is 0.817. The highest BCUT2D eigenvalue weighted by molar-refractivity contribution is 5.97. The fraction of sp³-hybridized carbons (Fsp3) is 0.722. The second-order valence-corrected chi connectivity index (χ2v) is 7.45. The molecule has 1 aromatic heterocycles. The molecule has 1 unspecified atom stereocenters. The Kier molecular flexibility index (Phi) is 6.26. The summed E-state index contributed by atoms with van der Waals surface area (Å²) in [6, 6.07) is 0.416. The first-order chi connectivity index (χ1) is 12.5. The van der Waals surface area contributed by atoms with Crippen molar-refractivity contribution in [3.05, 3.63) is 11.8 Å². The molecular formula is C18H29N5O3. The molecule has 0 radical (unpaired) electrons. The van der Waals surface area contributed by atoms with Crippen LogP contribution in [0.3, 0.4) is 0 Å². The maximum atomic E-state index is 11.7. The van der Waals surface area contributed by atoms with Crippen LogP contribution in [0.4, 0.5) is 11.8 Å². The van der Waals surface area contributed by atoms with Crippen LogP contribution in [-0.2, 0) is 4.74 Å². The van der Waals surface area contributed by atoms with Crippen molar-refractivity contribution in [3.63, 3.8) is 0 Å². The second kappa shape index (κ2) is 8.64. The first-order valence-corrected chi connectivity index (χ1v) is 9.42. The molecule has 0 aliphatic heterocycles. The van der Waals surface area contributed by atoms with Crippen LogP contribution in [0.1, 0.15) is 55.3 Å². The number of carbonyl (C=O) groups is 1. The third kappa shape index (κ3) is 4.82. The number of amides is 1. The highest BCUT2D eigenvalue weighted by atomic mass is 16.5. The van der Waals surface area contributed by atoms with E-state index < -0.39 is 5.91 Å². The van der Waals surface area contributed by atoms with E-state index in [0.717, 1.165) is 45.1 Å². The lowest BCUT2D eigenvalue weighted by Crippen LogP contribution is -2.29. The highest BCUT2D eigenvalue weighted by Crippen LogP contribution is 2.27. The highest BCUT2D eigenvalue weighted by Gasteiger charge is 2.25. The quantitative estimate of drug-likeness (QED) is 0.579. The van der Waals surface area contributed by atoms with E-state index in [1.165, 1.54) is 6.20 Å². The number of methoxy groups -OCH3 is 1. The van der Waals surface area contributed by atoms with Crippen molar-refractivity contribution in [1.82, 2.24) is 9.97 Å². The normalized spacial score (nSPS) is 28.7. The number of nitrogens with one attached hydrogen (secondary N) is 2. The maximum absolute atomic E-state index is 11.7. The third-order valence-electron chi connectivity index (χ3n) is 5.38. The molecule has 1 aromatic rings. The van der Waals surface area contributed by atoms with Gasteiger partial charge in [-0.1, -0.05) is 0 Å². The molecule has 26 heavy (non-hydrogen) atoms. The van der Waals surface area contributed by atoms with Gasteiger partial charge in [-0.25, -0.2) is 4.98 Å². The van der Waals surface area contributed by atoms with E-state index in [1.54, 1.807) is 7.11 Å². The zero-order valence-electron chi connectivity index (χ0n) is 15.3. The van der Waals surface area contributed by atoms with Gasteiger partial charge in [-0.3, -0.25) is 4.79 Å². The van der Waals surface area contributed by atoms with Crippen LogP contribution in [0.2, 0.25) is 0 Å². The summed E-state index contributed by atoms with van der Waals surface area (Å²) < 4.78 is 5.24. The molecule has 1 amide bonds. The smallest absolute Gasteiger partial charge is 0.254 e. The Morgan fingerprint density at radius 1 is 1.23 bits per heavy atom. The lowest BCUT2D eigenvalue weighted by molar-refractivity contribution is 0.100. The summed E-state index contributed by atoms with van der Waals surface area (Å²) in [4.78, 5) is 20.4. The molecule has 0 spiro atoms. The lowest BCUT2D eigenvalue weighted by atomic mass is 9.86. The first-order valence-electron chi connectivity index (χ1n) is 9.42. The minimum absolute atomic E-state index is 0.0929. The molecule has 0 saturated heterocycles. The number of anilines is 2. The molecule has 5 N–H and O–H groups in total. The van der Waals surface area contributed by atoms with E-state index in [0.29, 0.717) is 30.1 Å². The number of carbonyl (C=O) groups excluding carboxylic acids is 1. The van der Waals surface area contributed by atoms with Gasteiger partial charge in [-0.2, -0.15) is 4.98 Å². The van der Waals surface area contributed by atoms with Gasteiger partial charge < -0.3 is 26.2 Å². The summed E-state index contributed by atoms with van der Waals surface area (Å²) in [5.74, 6) is 1.02. The Labute approximate surface area is 153 Å². The van der Waals surface area contributed by atoms with Crippen molar-refractivity contribution in [3.8, 4) is 0 Å². The number of rotatable bonds is 7. The standard InChI is InChI=1S/C18H29N5O3/c1-26-10-11-2-4-12(5-3-11)22-18-20-9-15(16(19)25)17(23-18)21-13-6-7-14(24)8-13/h9,11-14,24H,2-8,10H2,1H3,(H2,19,25)(H2,20,21,22,23)/t11?,12?,13-,14?/m0/s1. The van der Waals surface area contributed by atoms with Gasteiger partial charge in [0.2, 0.25) is 5.95 Å². The molecular weight excluding hydrogens is 334 g/mol. The van der Waals surface area contributed by atoms with Crippen molar-refractivity contribution in [2.45, 2.75) is 63.1 Å². The van der Waals surface area contributed by atoms with Gasteiger partial charge in [0.1, 0.15) is 5.82 Å². The molecule has 1 heterocycles. The van der Waals surface area contributed by atoms with Gasteiger partial charge in [-0.05, 0) is 50.9 Å². The monoisotopic (exact) mass is 363 g/mol. The molecule has 3 rings (SSSR count). The Morgan fingerprint density at radius 3 is 2.58 bits per heavy atom. The van der Waals surface area contributed by atoms with E-state index >= 15 is 0 Å². The van der Waals surface area contributed by atoms with E-state index in [9.17, 15) is 9.90 Å². The molecule has 8 nitrogen and oxygen atoms in total. The minimum atomic E-state index is -0.558. The average Bonchev–Trinajstić information content (AvgIpc) is 3.02. The summed E-state index contributed by atoms with van der Waals surface area (Å²) in [6.07, 6.45) is 7.76. The predicted octanol–water partition coefficient (Wildman–Crippen LogP) is 1.52. The Morgan fingerprint density at radius 2 is 1.96 bits per heavy atom. The van der Waals surface area contributed by atoms with E-state index in [2.05, 4.69) is 20.6 Å². The molecule has 0 aromatic carbocycles. The Bertz CT molecular complexity index is 619. The van der Waals surface area contributed by atoms with Crippen LogP contribution in [-0.4, -0.2) is 52.9 Å². The van der Waals surface area contributed by atoms with E-state index in [-0.39, 0.29) is 17.7 Å². The van der Waals surface area contributed by atoms with E-state index in [1.807, 2.05) is 0 Å². The molecule has 2 fully saturated rings. The van der Waals surface area contributed by atoms with Crippen molar-refractivity contribution in [1.29, 1.82) is 0 Å². The van der Waals surface area contributed by atoms with Crippen molar-refractivity contribution in [2.75, 3.05) is 24.4 Å². The topological polar surface area (TPSA) is 122 Å². The first kappa shape index (κ1) is 18.8. The van der Waals surface area contributed by atoms with Crippen LogP contribution >= 0.6 is 0 Å². The van der Waals surface area contributed by atoms with Crippen molar-refractivity contribution < 1.29 is 14.6 Å². The molecule has 2 aliphatic rings. The number of primary amides is 1. The third-order valence-corrected chi connectivity index (χ3v) is 5.38. The van der Waals surface area contributed by atoms with Gasteiger partial charge in [-0.15, -0.1) is 0 Å². The average molecular weight is 363 g/mol. The molecule has 144 valence electrons. The molecule has 0 bridgehead atoms. The zero-order chi connectivity index (χ0) is 18.5. The number of hydrogen-bond acceptors (Lipinski definition) is 7.